The highest BCUT2D eigenvalue weighted by Crippen LogP contribution is 2.69. The molecule has 0 aromatic rings. The van der Waals surface area contributed by atoms with E-state index in [0.29, 0.717) is 17.7 Å². The van der Waals surface area contributed by atoms with Gasteiger partial charge in [-0.15, -0.1) is 0 Å². The van der Waals surface area contributed by atoms with Crippen molar-refractivity contribution in [3.63, 3.8) is 0 Å². The SMILES string of the molecule is COB(C1C[C@@H]2C[C@H]([C@H]1C)C2(C)C)[C@@H]1C[C@@H]2C[C@H]([C@H]1C)C2(C)C. The van der Waals surface area contributed by atoms with E-state index in [-0.39, 0.29) is 0 Å². The lowest BCUT2D eigenvalue weighted by Crippen LogP contribution is -2.60. The summed E-state index contributed by atoms with van der Waals surface area (Å²) in [6, 6.07) is 0. The van der Waals surface area contributed by atoms with Crippen molar-refractivity contribution in [3.8, 4) is 0 Å². The molecule has 6 saturated carbocycles. The Labute approximate surface area is 144 Å². The Morgan fingerprint density at radius 3 is 1.39 bits per heavy atom. The first-order chi connectivity index (χ1) is 10.7. The van der Waals surface area contributed by atoms with Gasteiger partial charge in [0.2, 0.25) is 0 Å². The predicted octanol–water partition coefficient (Wildman–Crippen LogP) is 5.77. The van der Waals surface area contributed by atoms with Crippen LogP contribution in [0.5, 0.6) is 0 Å². The Hall–Kier alpha value is 0.0249. The molecular weight excluding hydrogens is 279 g/mol. The van der Waals surface area contributed by atoms with Gasteiger partial charge in [0.25, 0.3) is 6.92 Å². The van der Waals surface area contributed by atoms with E-state index in [1.807, 2.05) is 7.11 Å². The highest BCUT2D eigenvalue weighted by Gasteiger charge is 2.62. The van der Waals surface area contributed by atoms with Crippen molar-refractivity contribution in [2.45, 2.75) is 78.9 Å². The van der Waals surface area contributed by atoms with Crippen LogP contribution >= 0.6 is 0 Å². The van der Waals surface area contributed by atoms with Gasteiger partial charge in [0.1, 0.15) is 0 Å². The standard InChI is InChI=1S/C21H37BO/c1-12-16-8-14(20(16,3)4)10-18(12)22(23-7)19-11-15-9-17(13(19)2)21(15,5)6/h12-19H,8-11H2,1-7H3/t12-,13-,14+,15+,16-,17-,18-,19?/m1/s1. The highest BCUT2D eigenvalue weighted by molar-refractivity contribution is 6.55. The molecule has 0 radical (unpaired) electrons. The van der Waals surface area contributed by atoms with Gasteiger partial charge in [-0.1, -0.05) is 54.4 Å². The van der Waals surface area contributed by atoms with Gasteiger partial charge in [-0.2, -0.15) is 0 Å². The summed E-state index contributed by atoms with van der Waals surface area (Å²) >= 11 is 0. The summed E-state index contributed by atoms with van der Waals surface area (Å²) in [4.78, 5) is 0. The molecule has 6 aliphatic carbocycles. The van der Waals surface area contributed by atoms with E-state index in [0.717, 1.165) is 47.1 Å². The predicted molar refractivity (Wildman–Crippen MR) is 98.6 cm³/mol. The highest BCUT2D eigenvalue weighted by atomic mass is 16.4. The molecule has 6 fully saturated rings. The second kappa shape index (κ2) is 5.02. The van der Waals surface area contributed by atoms with Crippen LogP contribution < -0.4 is 0 Å². The molecule has 1 unspecified atom stereocenters. The van der Waals surface area contributed by atoms with Crippen LogP contribution in [0.2, 0.25) is 11.6 Å². The van der Waals surface area contributed by atoms with Crippen LogP contribution in [-0.4, -0.2) is 14.0 Å². The minimum absolute atomic E-state index is 0.516. The van der Waals surface area contributed by atoms with Crippen molar-refractivity contribution < 1.29 is 4.65 Å². The lowest BCUT2D eigenvalue weighted by Gasteiger charge is -2.65. The van der Waals surface area contributed by atoms with Gasteiger partial charge in [0.05, 0.1) is 0 Å². The lowest BCUT2D eigenvalue weighted by atomic mass is 9.27. The maximum Gasteiger partial charge on any atom is 0.299 e. The third kappa shape index (κ3) is 2.03. The Balaban J connectivity index is 1.52. The Morgan fingerprint density at radius 2 is 1.13 bits per heavy atom. The van der Waals surface area contributed by atoms with E-state index >= 15 is 0 Å². The van der Waals surface area contributed by atoms with Gasteiger partial charge in [-0.05, 0) is 70.8 Å². The zero-order valence-electron chi connectivity index (χ0n) is 16.4. The van der Waals surface area contributed by atoms with Crippen LogP contribution in [-0.2, 0) is 4.65 Å². The van der Waals surface area contributed by atoms with E-state index in [4.69, 9.17) is 4.65 Å². The average molecular weight is 316 g/mol. The molecule has 0 saturated heterocycles. The zero-order valence-corrected chi connectivity index (χ0v) is 16.4. The first kappa shape index (κ1) is 16.5. The third-order valence-electron chi connectivity index (χ3n) is 9.94. The molecule has 0 amide bonds. The number of rotatable bonds is 3. The van der Waals surface area contributed by atoms with Crippen molar-refractivity contribution in [3.05, 3.63) is 0 Å². The molecule has 6 aliphatic rings. The first-order valence-corrected chi connectivity index (χ1v) is 10.2. The van der Waals surface area contributed by atoms with Gasteiger partial charge in [-0.25, -0.2) is 0 Å². The van der Waals surface area contributed by atoms with Crippen molar-refractivity contribution >= 4 is 6.92 Å². The summed E-state index contributed by atoms with van der Waals surface area (Å²) in [6.45, 7) is 15.7. The topological polar surface area (TPSA) is 9.23 Å². The fraction of sp³-hybridized carbons (Fsp3) is 1.00. The molecule has 4 bridgehead atoms. The Bertz CT molecular complexity index is 442. The van der Waals surface area contributed by atoms with Gasteiger partial charge in [-0.3, -0.25) is 0 Å². The lowest BCUT2D eigenvalue weighted by molar-refractivity contribution is -0.110. The van der Waals surface area contributed by atoms with Crippen LogP contribution in [0.15, 0.2) is 0 Å². The second-order valence-corrected chi connectivity index (χ2v) is 10.9. The quantitative estimate of drug-likeness (QED) is 0.601. The number of hydrogen-bond donors (Lipinski definition) is 0. The summed E-state index contributed by atoms with van der Waals surface area (Å²) in [7, 11) is 2.00. The van der Waals surface area contributed by atoms with Crippen molar-refractivity contribution in [2.24, 2.45) is 46.3 Å². The van der Waals surface area contributed by atoms with Crippen LogP contribution in [0, 0.1) is 46.3 Å². The van der Waals surface area contributed by atoms with Gasteiger partial charge < -0.3 is 4.65 Å². The number of hydrogen-bond acceptors (Lipinski definition) is 1. The molecule has 1 nitrogen and oxygen atoms in total. The fourth-order valence-corrected chi connectivity index (χ4v) is 7.91. The van der Waals surface area contributed by atoms with Crippen LogP contribution in [0.4, 0.5) is 0 Å². The van der Waals surface area contributed by atoms with Crippen LogP contribution in [0.1, 0.15) is 67.2 Å². The molecule has 0 heterocycles. The van der Waals surface area contributed by atoms with Crippen molar-refractivity contribution in [1.82, 2.24) is 0 Å². The van der Waals surface area contributed by atoms with Crippen molar-refractivity contribution in [1.29, 1.82) is 0 Å². The summed E-state index contributed by atoms with van der Waals surface area (Å²) in [6.07, 6.45) is 5.81. The second-order valence-electron chi connectivity index (χ2n) is 10.9. The molecule has 0 N–H and O–H groups in total. The third-order valence-corrected chi connectivity index (χ3v) is 9.94. The summed E-state index contributed by atoms with van der Waals surface area (Å²) in [5.74, 6) is 7.10. The van der Waals surface area contributed by atoms with E-state index < -0.39 is 0 Å². The monoisotopic (exact) mass is 316 g/mol. The Kier molecular flexibility index (Phi) is 3.60. The molecule has 0 aromatic carbocycles. The largest absolute Gasteiger partial charge is 0.438 e. The van der Waals surface area contributed by atoms with Crippen molar-refractivity contribution in [2.75, 3.05) is 7.11 Å². The Morgan fingerprint density at radius 1 is 0.739 bits per heavy atom. The minimum atomic E-state index is 0.516. The van der Waals surface area contributed by atoms with Crippen LogP contribution in [0.3, 0.4) is 0 Å². The van der Waals surface area contributed by atoms with E-state index in [1.165, 1.54) is 25.7 Å². The first-order valence-electron chi connectivity index (χ1n) is 10.2. The molecule has 8 atom stereocenters. The number of fused-ring (bicyclic) bond motifs is 4. The molecule has 0 spiro atoms. The maximum atomic E-state index is 6.24. The fourth-order valence-electron chi connectivity index (χ4n) is 7.91. The van der Waals surface area contributed by atoms with Gasteiger partial charge in [0, 0.05) is 7.11 Å². The van der Waals surface area contributed by atoms with E-state index in [1.54, 1.807) is 0 Å². The van der Waals surface area contributed by atoms with Crippen LogP contribution in [0.25, 0.3) is 0 Å². The molecule has 2 heteroatoms. The summed E-state index contributed by atoms with van der Waals surface area (Å²) in [5.41, 5.74) is 1.19. The molecule has 0 aromatic heterocycles. The maximum absolute atomic E-state index is 6.24. The molecule has 130 valence electrons. The van der Waals surface area contributed by atoms with E-state index in [2.05, 4.69) is 41.5 Å². The smallest absolute Gasteiger partial charge is 0.299 e. The molecule has 23 heavy (non-hydrogen) atoms. The zero-order chi connectivity index (χ0) is 16.7. The minimum Gasteiger partial charge on any atom is -0.438 e. The van der Waals surface area contributed by atoms with Gasteiger partial charge in [0.15, 0.2) is 0 Å². The van der Waals surface area contributed by atoms with E-state index in [9.17, 15) is 0 Å². The molecule has 6 rings (SSSR count). The summed E-state index contributed by atoms with van der Waals surface area (Å²) in [5, 5.41) is 0. The molecular formula is C21H37BO. The average Bonchev–Trinajstić information content (AvgIpc) is 2.49. The summed E-state index contributed by atoms with van der Waals surface area (Å²) < 4.78 is 6.24. The normalized spacial score (nSPS) is 52.3. The van der Waals surface area contributed by atoms with Gasteiger partial charge >= 0.3 is 0 Å². The molecule has 0 aliphatic heterocycles.